The van der Waals surface area contributed by atoms with Crippen molar-refractivity contribution in [3.05, 3.63) is 71.8 Å². The Morgan fingerprint density at radius 1 is 0.931 bits per heavy atom. The molecule has 0 saturated carbocycles. The first-order valence-corrected chi connectivity index (χ1v) is 10.9. The number of nitrogens with zero attached hydrogens (tertiary/aromatic N) is 3. The predicted octanol–water partition coefficient (Wildman–Crippen LogP) is 2.21. The number of amides is 1. The molecule has 2 aromatic carbocycles. The second kappa shape index (κ2) is 9.53. The SMILES string of the molecule is CCN1CCNC[C@H]1C(=O)N1CCN(C(c2ccccc2)c2ccccc2)CC1. The molecule has 2 aromatic rings. The highest BCUT2D eigenvalue weighted by Crippen LogP contribution is 2.29. The Morgan fingerprint density at radius 3 is 2.07 bits per heavy atom. The minimum absolute atomic E-state index is 0.0145. The van der Waals surface area contributed by atoms with Crippen molar-refractivity contribution < 1.29 is 4.79 Å². The Hall–Kier alpha value is -2.21. The van der Waals surface area contributed by atoms with Gasteiger partial charge in [0.1, 0.15) is 6.04 Å². The van der Waals surface area contributed by atoms with Gasteiger partial charge in [-0.15, -0.1) is 0 Å². The van der Waals surface area contributed by atoms with Crippen LogP contribution in [0.4, 0.5) is 0 Å². The molecule has 2 aliphatic rings. The summed E-state index contributed by atoms with van der Waals surface area (Å²) in [7, 11) is 0. The third kappa shape index (κ3) is 4.53. The van der Waals surface area contributed by atoms with Crippen molar-refractivity contribution in [1.29, 1.82) is 0 Å². The fourth-order valence-electron chi connectivity index (χ4n) is 4.66. The molecule has 29 heavy (non-hydrogen) atoms. The molecule has 154 valence electrons. The highest BCUT2D eigenvalue weighted by Gasteiger charge is 2.34. The summed E-state index contributed by atoms with van der Waals surface area (Å²) in [6, 6.07) is 21.6. The average molecular weight is 393 g/mol. The first-order valence-electron chi connectivity index (χ1n) is 10.9. The fourth-order valence-corrected chi connectivity index (χ4v) is 4.66. The molecule has 5 nitrogen and oxygen atoms in total. The quantitative estimate of drug-likeness (QED) is 0.847. The van der Waals surface area contributed by atoms with Gasteiger partial charge >= 0.3 is 0 Å². The van der Waals surface area contributed by atoms with Crippen molar-refractivity contribution in [2.24, 2.45) is 0 Å². The predicted molar refractivity (Wildman–Crippen MR) is 117 cm³/mol. The lowest BCUT2D eigenvalue weighted by molar-refractivity contribution is -0.139. The van der Waals surface area contributed by atoms with E-state index < -0.39 is 0 Å². The van der Waals surface area contributed by atoms with Crippen LogP contribution in [0, 0.1) is 0 Å². The minimum Gasteiger partial charge on any atom is -0.339 e. The van der Waals surface area contributed by atoms with Crippen molar-refractivity contribution in [3.63, 3.8) is 0 Å². The van der Waals surface area contributed by atoms with E-state index in [1.165, 1.54) is 11.1 Å². The maximum absolute atomic E-state index is 13.2. The summed E-state index contributed by atoms with van der Waals surface area (Å²) in [6.07, 6.45) is 0. The highest BCUT2D eigenvalue weighted by atomic mass is 16.2. The zero-order chi connectivity index (χ0) is 20.1. The van der Waals surface area contributed by atoms with E-state index in [1.807, 2.05) is 0 Å². The molecule has 1 amide bonds. The molecule has 4 rings (SSSR count). The maximum Gasteiger partial charge on any atom is 0.241 e. The number of hydrogen-bond donors (Lipinski definition) is 1. The van der Waals surface area contributed by atoms with Crippen molar-refractivity contribution in [2.75, 3.05) is 52.4 Å². The van der Waals surface area contributed by atoms with E-state index >= 15 is 0 Å². The van der Waals surface area contributed by atoms with Crippen LogP contribution in [-0.4, -0.2) is 79.0 Å². The number of hydrogen-bond acceptors (Lipinski definition) is 4. The van der Waals surface area contributed by atoms with Gasteiger partial charge in [0.25, 0.3) is 0 Å². The third-order valence-electron chi connectivity index (χ3n) is 6.27. The van der Waals surface area contributed by atoms with Crippen LogP contribution in [0.3, 0.4) is 0 Å². The molecule has 0 aliphatic carbocycles. The lowest BCUT2D eigenvalue weighted by Gasteiger charge is -2.43. The summed E-state index contributed by atoms with van der Waals surface area (Å²) in [5.74, 6) is 0.287. The van der Waals surface area contributed by atoms with E-state index in [4.69, 9.17) is 0 Å². The lowest BCUT2D eigenvalue weighted by atomic mass is 9.96. The molecule has 2 saturated heterocycles. The van der Waals surface area contributed by atoms with E-state index in [1.54, 1.807) is 0 Å². The van der Waals surface area contributed by atoms with E-state index in [0.29, 0.717) is 0 Å². The van der Waals surface area contributed by atoms with E-state index in [0.717, 1.165) is 52.4 Å². The van der Waals surface area contributed by atoms with Crippen LogP contribution in [0.1, 0.15) is 24.1 Å². The van der Waals surface area contributed by atoms with Crippen molar-refractivity contribution >= 4 is 5.91 Å². The molecule has 0 spiro atoms. The summed E-state index contributed by atoms with van der Waals surface area (Å²) in [5, 5.41) is 3.39. The Balaban J connectivity index is 1.46. The van der Waals surface area contributed by atoms with Crippen LogP contribution in [-0.2, 0) is 4.79 Å². The van der Waals surface area contributed by atoms with Gasteiger partial charge in [0.05, 0.1) is 6.04 Å². The standard InChI is InChI=1S/C24H32N4O/c1-2-26-14-13-25-19-22(26)24(29)28-17-15-27(16-18-28)23(20-9-5-3-6-10-20)21-11-7-4-8-12-21/h3-12,22-23,25H,2,13-19H2,1H3/t22-/m0/s1. The fraction of sp³-hybridized carbons (Fsp3) is 0.458. The van der Waals surface area contributed by atoms with Crippen LogP contribution in [0.15, 0.2) is 60.7 Å². The molecule has 5 heteroatoms. The first kappa shape index (κ1) is 20.1. The van der Waals surface area contributed by atoms with Crippen LogP contribution in [0.25, 0.3) is 0 Å². The van der Waals surface area contributed by atoms with Gasteiger partial charge in [-0.25, -0.2) is 0 Å². The van der Waals surface area contributed by atoms with Gasteiger partial charge in [-0.05, 0) is 17.7 Å². The van der Waals surface area contributed by atoms with E-state index in [9.17, 15) is 4.79 Å². The number of carbonyl (C=O) groups excluding carboxylic acids is 1. The molecule has 1 atom stereocenters. The Morgan fingerprint density at radius 2 is 1.52 bits per heavy atom. The lowest BCUT2D eigenvalue weighted by Crippen LogP contribution is -2.61. The molecule has 0 unspecified atom stereocenters. The van der Waals surface area contributed by atoms with Gasteiger partial charge in [0, 0.05) is 45.8 Å². The largest absolute Gasteiger partial charge is 0.339 e. The van der Waals surface area contributed by atoms with Crippen LogP contribution >= 0.6 is 0 Å². The zero-order valence-corrected chi connectivity index (χ0v) is 17.3. The molecule has 2 fully saturated rings. The molecule has 0 bridgehead atoms. The summed E-state index contributed by atoms with van der Waals surface area (Å²) in [6.45, 7) is 9.16. The first-order chi connectivity index (χ1) is 14.3. The second-order valence-corrected chi connectivity index (χ2v) is 7.93. The Bertz CT molecular complexity index is 734. The van der Waals surface area contributed by atoms with Crippen LogP contribution in [0.5, 0.6) is 0 Å². The zero-order valence-electron chi connectivity index (χ0n) is 17.3. The maximum atomic E-state index is 13.2. The van der Waals surface area contributed by atoms with Crippen molar-refractivity contribution in [3.8, 4) is 0 Å². The van der Waals surface area contributed by atoms with Crippen molar-refractivity contribution in [1.82, 2.24) is 20.0 Å². The number of carbonyl (C=O) groups is 1. The summed E-state index contributed by atoms with van der Waals surface area (Å²) in [4.78, 5) is 20.1. The van der Waals surface area contributed by atoms with Gasteiger partial charge in [0.15, 0.2) is 0 Å². The van der Waals surface area contributed by atoms with Gasteiger partial charge in [-0.1, -0.05) is 67.6 Å². The Labute approximate surface area is 174 Å². The molecule has 2 heterocycles. The smallest absolute Gasteiger partial charge is 0.241 e. The van der Waals surface area contributed by atoms with Gasteiger partial charge in [-0.3, -0.25) is 14.6 Å². The molecular weight excluding hydrogens is 360 g/mol. The molecule has 0 radical (unpaired) electrons. The monoisotopic (exact) mass is 392 g/mol. The minimum atomic E-state index is -0.0145. The number of nitrogens with one attached hydrogen (secondary N) is 1. The number of likely N-dealkylation sites (N-methyl/N-ethyl adjacent to an activating group) is 1. The normalized spacial score (nSPS) is 21.4. The topological polar surface area (TPSA) is 38.8 Å². The third-order valence-corrected chi connectivity index (χ3v) is 6.27. The highest BCUT2D eigenvalue weighted by molar-refractivity contribution is 5.82. The van der Waals surface area contributed by atoms with Gasteiger partial charge in [0.2, 0.25) is 5.91 Å². The number of rotatable bonds is 5. The average Bonchev–Trinajstić information content (AvgIpc) is 2.81. The Kier molecular flexibility index (Phi) is 6.60. The molecular formula is C24H32N4O. The summed E-state index contributed by atoms with van der Waals surface area (Å²) in [5.41, 5.74) is 2.62. The summed E-state index contributed by atoms with van der Waals surface area (Å²) < 4.78 is 0. The summed E-state index contributed by atoms with van der Waals surface area (Å²) >= 11 is 0. The van der Waals surface area contributed by atoms with Crippen molar-refractivity contribution in [2.45, 2.75) is 19.0 Å². The van der Waals surface area contributed by atoms with Gasteiger partial charge < -0.3 is 10.2 Å². The second-order valence-electron chi connectivity index (χ2n) is 7.93. The van der Waals surface area contributed by atoms with Gasteiger partial charge in [-0.2, -0.15) is 0 Å². The molecule has 2 aliphatic heterocycles. The number of piperazine rings is 2. The van der Waals surface area contributed by atoms with Crippen LogP contribution < -0.4 is 5.32 Å². The van der Waals surface area contributed by atoms with E-state index in [-0.39, 0.29) is 18.0 Å². The van der Waals surface area contributed by atoms with Crippen LogP contribution in [0.2, 0.25) is 0 Å². The molecule has 1 N–H and O–H groups in total. The number of benzene rings is 2. The molecule has 0 aromatic heterocycles. The van der Waals surface area contributed by atoms with E-state index in [2.05, 4.69) is 87.6 Å².